The van der Waals surface area contributed by atoms with Crippen molar-refractivity contribution in [2.45, 2.75) is 0 Å². The Kier molecular flexibility index (Phi) is 5.31. The SMILES string of the molecule is c1ccc(-c2cc(-c3ccc4c(c3)-c3cccc5cccc(c35)O4)cc(-c3cccc4oc5c6ccccc6ccc5c34)c2)cc1. The number of hydrogen-bond acceptors (Lipinski definition) is 2. The lowest BCUT2D eigenvalue weighted by Gasteiger charge is -2.22. The highest BCUT2D eigenvalue weighted by Gasteiger charge is 2.21. The van der Waals surface area contributed by atoms with Crippen LogP contribution in [0.1, 0.15) is 0 Å². The second kappa shape index (κ2) is 9.69. The molecule has 1 aliphatic heterocycles. The Morgan fingerprint density at radius 2 is 1.09 bits per heavy atom. The molecule has 0 saturated heterocycles. The number of furan rings is 1. The summed E-state index contributed by atoms with van der Waals surface area (Å²) in [7, 11) is 0. The zero-order valence-corrected chi connectivity index (χ0v) is 24.8. The second-order valence-electron chi connectivity index (χ2n) is 12.1. The topological polar surface area (TPSA) is 22.4 Å². The van der Waals surface area contributed by atoms with Crippen molar-refractivity contribution in [3.63, 3.8) is 0 Å². The molecule has 0 aliphatic carbocycles. The van der Waals surface area contributed by atoms with Gasteiger partial charge in [-0.15, -0.1) is 0 Å². The van der Waals surface area contributed by atoms with Crippen LogP contribution in [0.15, 0.2) is 162 Å². The van der Waals surface area contributed by atoms with Gasteiger partial charge in [-0.1, -0.05) is 109 Å². The molecule has 0 saturated carbocycles. The van der Waals surface area contributed by atoms with E-state index < -0.39 is 0 Å². The summed E-state index contributed by atoms with van der Waals surface area (Å²) in [6.07, 6.45) is 0. The Bertz CT molecular complexity index is 2660. The fourth-order valence-corrected chi connectivity index (χ4v) is 7.28. The molecule has 0 fully saturated rings. The van der Waals surface area contributed by atoms with Gasteiger partial charge in [-0.2, -0.15) is 0 Å². The van der Waals surface area contributed by atoms with Gasteiger partial charge in [0.25, 0.3) is 0 Å². The van der Waals surface area contributed by atoms with E-state index >= 15 is 0 Å². The minimum absolute atomic E-state index is 0.885. The first-order valence-electron chi connectivity index (χ1n) is 15.7. The Balaban J connectivity index is 1.21. The van der Waals surface area contributed by atoms with E-state index in [0.29, 0.717) is 0 Å². The van der Waals surface area contributed by atoms with Crippen LogP contribution in [0.4, 0.5) is 0 Å². The van der Waals surface area contributed by atoms with Gasteiger partial charge >= 0.3 is 0 Å². The van der Waals surface area contributed by atoms with Gasteiger partial charge in [0.05, 0.1) is 0 Å². The molecular formula is C44H26O2. The molecule has 0 amide bonds. The van der Waals surface area contributed by atoms with Crippen LogP contribution < -0.4 is 4.74 Å². The van der Waals surface area contributed by atoms with E-state index in [1.165, 1.54) is 32.8 Å². The minimum atomic E-state index is 0.885. The Morgan fingerprint density at radius 3 is 2.00 bits per heavy atom. The highest BCUT2D eigenvalue weighted by atomic mass is 16.5. The van der Waals surface area contributed by atoms with Crippen LogP contribution in [-0.2, 0) is 0 Å². The molecule has 0 bridgehead atoms. The van der Waals surface area contributed by atoms with Crippen molar-refractivity contribution >= 4 is 43.5 Å². The normalized spacial score (nSPS) is 12.1. The molecule has 214 valence electrons. The van der Waals surface area contributed by atoms with Crippen molar-refractivity contribution in [2.75, 3.05) is 0 Å². The maximum atomic E-state index is 6.56. The summed E-state index contributed by atoms with van der Waals surface area (Å²) in [6.45, 7) is 0. The summed E-state index contributed by atoms with van der Waals surface area (Å²) in [5.41, 5.74) is 11.1. The van der Waals surface area contributed by atoms with Gasteiger partial charge in [0.2, 0.25) is 0 Å². The summed E-state index contributed by atoms with van der Waals surface area (Å²) >= 11 is 0. The molecule has 0 radical (unpaired) electrons. The van der Waals surface area contributed by atoms with Gasteiger partial charge in [-0.25, -0.2) is 0 Å². The third-order valence-electron chi connectivity index (χ3n) is 9.43. The largest absolute Gasteiger partial charge is 0.456 e. The third-order valence-corrected chi connectivity index (χ3v) is 9.43. The standard InChI is InChI=1S/C44H26O2/c1-2-9-27(10-3-1)31-23-32(30-20-22-39-38(26-30)36-16-6-12-29-13-7-17-40(45-39)42(29)36)25-33(24-31)34-15-8-18-41-43(34)37-21-19-28-11-4-5-14-35(28)44(37)46-41/h1-26H. The van der Waals surface area contributed by atoms with Crippen LogP contribution in [0.2, 0.25) is 0 Å². The molecule has 0 atom stereocenters. The molecule has 0 spiro atoms. The first-order chi connectivity index (χ1) is 22.8. The van der Waals surface area contributed by atoms with E-state index in [1.807, 2.05) is 0 Å². The third kappa shape index (κ3) is 3.77. The quantitative estimate of drug-likeness (QED) is 0.205. The van der Waals surface area contributed by atoms with Crippen LogP contribution >= 0.6 is 0 Å². The number of rotatable bonds is 3. The van der Waals surface area contributed by atoms with Crippen LogP contribution in [0.25, 0.3) is 88.0 Å². The van der Waals surface area contributed by atoms with Crippen molar-refractivity contribution < 1.29 is 9.15 Å². The zero-order chi connectivity index (χ0) is 30.2. The Morgan fingerprint density at radius 1 is 0.348 bits per heavy atom. The smallest absolute Gasteiger partial charge is 0.143 e. The first-order valence-corrected chi connectivity index (χ1v) is 15.7. The van der Waals surface area contributed by atoms with E-state index in [0.717, 1.165) is 66.6 Å². The van der Waals surface area contributed by atoms with Gasteiger partial charge in [0.15, 0.2) is 0 Å². The minimum Gasteiger partial charge on any atom is -0.456 e. The van der Waals surface area contributed by atoms with E-state index in [1.54, 1.807) is 0 Å². The van der Waals surface area contributed by atoms with Gasteiger partial charge in [-0.05, 0) is 98.2 Å². The fraction of sp³-hybridized carbons (Fsp3) is 0. The van der Waals surface area contributed by atoms with E-state index in [2.05, 4.69) is 158 Å². The lowest BCUT2D eigenvalue weighted by molar-refractivity contribution is 0.487. The molecule has 2 heteroatoms. The van der Waals surface area contributed by atoms with Gasteiger partial charge < -0.3 is 9.15 Å². The average molecular weight is 587 g/mol. The molecule has 9 aromatic rings. The van der Waals surface area contributed by atoms with Gasteiger partial charge in [0.1, 0.15) is 22.7 Å². The lowest BCUT2D eigenvalue weighted by atomic mass is 9.89. The molecular weight excluding hydrogens is 560 g/mol. The molecule has 1 aliphatic rings. The molecule has 2 nitrogen and oxygen atoms in total. The van der Waals surface area contributed by atoms with Crippen LogP contribution in [0.5, 0.6) is 11.5 Å². The average Bonchev–Trinajstić information content (AvgIpc) is 3.52. The van der Waals surface area contributed by atoms with Crippen molar-refractivity contribution in [3.05, 3.63) is 158 Å². The predicted molar refractivity (Wildman–Crippen MR) is 191 cm³/mol. The maximum Gasteiger partial charge on any atom is 0.143 e. The number of hydrogen-bond donors (Lipinski definition) is 0. The van der Waals surface area contributed by atoms with Crippen molar-refractivity contribution in [3.8, 4) is 56.0 Å². The zero-order valence-electron chi connectivity index (χ0n) is 24.8. The number of fused-ring (bicyclic) bond motifs is 7. The van der Waals surface area contributed by atoms with E-state index in [4.69, 9.17) is 9.15 Å². The lowest BCUT2D eigenvalue weighted by Crippen LogP contribution is -1.97. The van der Waals surface area contributed by atoms with Crippen LogP contribution in [0.3, 0.4) is 0 Å². The molecule has 2 heterocycles. The number of ether oxygens (including phenoxy) is 1. The highest BCUT2D eigenvalue weighted by Crippen LogP contribution is 2.48. The summed E-state index contributed by atoms with van der Waals surface area (Å²) in [5.74, 6) is 1.80. The van der Waals surface area contributed by atoms with Crippen LogP contribution in [0, 0.1) is 0 Å². The highest BCUT2D eigenvalue weighted by molar-refractivity contribution is 6.19. The van der Waals surface area contributed by atoms with E-state index in [9.17, 15) is 0 Å². The Hall–Kier alpha value is -6.12. The summed E-state index contributed by atoms with van der Waals surface area (Å²) < 4.78 is 13.0. The maximum absolute atomic E-state index is 6.56. The first kappa shape index (κ1) is 25.2. The van der Waals surface area contributed by atoms with Crippen molar-refractivity contribution in [2.24, 2.45) is 0 Å². The molecule has 0 unspecified atom stereocenters. The summed E-state index contributed by atoms with van der Waals surface area (Å²) in [6, 6.07) is 56.2. The van der Waals surface area contributed by atoms with Crippen molar-refractivity contribution in [1.29, 1.82) is 0 Å². The van der Waals surface area contributed by atoms with E-state index in [-0.39, 0.29) is 0 Å². The number of benzene rings is 8. The second-order valence-corrected chi connectivity index (χ2v) is 12.1. The molecule has 46 heavy (non-hydrogen) atoms. The predicted octanol–water partition coefficient (Wildman–Crippen LogP) is 12.7. The van der Waals surface area contributed by atoms with Crippen LogP contribution in [-0.4, -0.2) is 0 Å². The van der Waals surface area contributed by atoms with Gasteiger partial charge in [0, 0.05) is 27.1 Å². The summed E-state index contributed by atoms with van der Waals surface area (Å²) in [4.78, 5) is 0. The summed E-state index contributed by atoms with van der Waals surface area (Å²) in [5, 5.41) is 6.94. The van der Waals surface area contributed by atoms with Gasteiger partial charge in [-0.3, -0.25) is 0 Å². The van der Waals surface area contributed by atoms with Crippen molar-refractivity contribution in [1.82, 2.24) is 0 Å². The fourth-order valence-electron chi connectivity index (χ4n) is 7.28. The monoisotopic (exact) mass is 586 g/mol. The Labute approximate surface area is 265 Å². The molecule has 10 rings (SSSR count). The molecule has 8 aromatic carbocycles. The molecule has 0 N–H and O–H groups in total. The molecule has 1 aromatic heterocycles.